The number of aliphatic hydroxyl groups is 5. The zero-order valence-electron chi connectivity index (χ0n) is 64.0. The number of benzene rings is 2. The number of rotatable bonds is 31. The second kappa shape index (κ2) is 42.0. The van der Waals surface area contributed by atoms with Gasteiger partial charge in [-0.15, -0.1) is 6.42 Å². The molecule has 2 aromatic rings. The van der Waals surface area contributed by atoms with Crippen LogP contribution in [0.3, 0.4) is 0 Å². The molecule has 7 rings (SSSR count). The molecular formula is C75H100IN6O25S3+. The summed E-state index contributed by atoms with van der Waals surface area (Å²) in [6, 6.07) is 5.21. The number of hydrogen-bond acceptors (Lipinski definition) is 29. The molecule has 1 aliphatic carbocycles. The molecule has 35 heteroatoms. The van der Waals surface area contributed by atoms with Gasteiger partial charge in [0.05, 0.1) is 120 Å². The lowest BCUT2D eigenvalue weighted by molar-refractivity contribution is -0.337. The number of thioether (sulfide) groups is 1. The fourth-order valence-electron chi connectivity index (χ4n) is 12.8. The zero-order chi connectivity index (χ0) is 81.1. The molecule has 5 aliphatic rings. The van der Waals surface area contributed by atoms with Crippen molar-refractivity contribution in [1.29, 1.82) is 0 Å². The summed E-state index contributed by atoms with van der Waals surface area (Å²) in [7, 11) is 10.8. The molecule has 18 unspecified atom stereocenters. The first kappa shape index (κ1) is 90.7. The third-order valence-electron chi connectivity index (χ3n) is 18.6. The maximum atomic E-state index is 14.6. The van der Waals surface area contributed by atoms with Crippen molar-refractivity contribution in [3.8, 4) is 47.2 Å². The molecule has 4 saturated heterocycles. The van der Waals surface area contributed by atoms with Crippen molar-refractivity contribution in [2.24, 2.45) is 5.11 Å². The molecule has 110 heavy (non-hydrogen) atoms. The predicted octanol–water partition coefficient (Wildman–Crippen LogP) is 5.71. The van der Waals surface area contributed by atoms with Gasteiger partial charge in [0, 0.05) is 83.1 Å². The van der Waals surface area contributed by atoms with Crippen LogP contribution in [0, 0.1) is 34.7 Å². The van der Waals surface area contributed by atoms with Crippen LogP contribution >= 0.6 is 55.9 Å². The summed E-state index contributed by atoms with van der Waals surface area (Å²) >= 11 is 2.77. The van der Waals surface area contributed by atoms with E-state index in [4.69, 9.17) is 72.8 Å². The topological polar surface area (TPSA) is 399 Å². The predicted molar refractivity (Wildman–Crippen MR) is 413 cm³/mol. The Morgan fingerprint density at radius 3 is 2.25 bits per heavy atom. The molecule has 4 heterocycles. The maximum absolute atomic E-state index is 14.6. The summed E-state index contributed by atoms with van der Waals surface area (Å²) in [5.74, 6) is 7.29. The van der Waals surface area contributed by atoms with Crippen molar-refractivity contribution in [3.05, 3.63) is 92.4 Å². The number of nitrogens with one attached hydrogen (secondary N) is 3. The number of hydrogen-bond donors (Lipinski definition) is 8. The molecule has 0 saturated carbocycles. The first-order valence-electron chi connectivity index (χ1n) is 35.2. The lowest BCUT2D eigenvalue weighted by Gasteiger charge is -2.47. The van der Waals surface area contributed by atoms with Crippen LogP contribution < -0.4 is 35.1 Å². The SMILES string of the molecule is C#C/C=C\C#C[C@H](OC1OC(C)C(NOC2CC(O)C(SC(=O)c3c(C)c(I)c(OC4OC(C)C(O)C(OC)C4O)c(OC)c3OC)C(C)O2)C(O)C1OC1CC(OC)C(N(C=C)C(C)=O)CO1)C1=C(NC(=O)OC)C(=O)CC(C)(O)/C1=C/CSSC(C)(C)CC(=O)N=[N+]=C(C)c1ccc(OCCCC(=O)NC)cc1. The molecule has 0 bridgehead atoms. The van der Waals surface area contributed by atoms with E-state index in [1.807, 2.05) is 36.4 Å². The smallest absolute Gasteiger partial charge is 0.411 e. The second-order valence-electron chi connectivity index (χ2n) is 27.0. The Balaban J connectivity index is 1.14. The highest BCUT2D eigenvalue weighted by Crippen LogP contribution is 2.49. The number of nitrogens with zero attached hydrogens (tertiary/aromatic N) is 3. The van der Waals surface area contributed by atoms with Gasteiger partial charge in [-0.05, 0) is 125 Å². The van der Waals surface area contributed by atoms with Crippen LogP contribution in [0.25, 0.3) is 0 Å². The summed E-state index contributed by atoms with van der Waals surface area (Å²) < 4.78 is 78.1. The second-order valence-corrected chi connectivity index (χ2v) is 32.3. The van der Waals surface area contributed by atoms with Gasteiger partial charge < -0.3 is 97.3 Å². The highest BCUT2D eigenvalue weighted by atomic mass is 127. The van der Waals surface area contributed by atoms with Gasteiger partial charge in [0.2, 0.25) is 29.0 Å². The molecule has 19 atom stereocenters. The Morgan fingerprint density at radius 1 is 0.918 bits per heavy atom. The molecule has 8 N–H and O–H groups in total. The monoisotopic (exact) mass is 1710 g/mol. The summed E-state index contributed by atoms with van der Waals surface area (Å²) in [5.41, 5.74) is 2.16. The lowest BCUT2D eigenvalue weighted by Crippen LogP contribution is -2.65. The van der Waals surface area contributed by atoms with Gasteiger partial charge in [-0.2, -0.15) is 5.48 Å². The first-order valence-corrected chi connectivity index (χ1v) is 39.5. The number of terminal acetylenes is 1. The number of hydroxylamine groups is 1. The standard InChI is InChI=1S/C75H99IN6O25S3/c1-18-20-21-22-24-50(57-46(75(11,93)35-49(85)60(57)78-73(92)98-17)30-32-108-110-74(9,10)36-53(87)80-79-39(4)44-26-28-45(29-27-44)99-31-23-25-52(86)77-12)104-72-67(105-54-34-51(94-13)47(37-100-54)82(19-2)43(8)83)62(89)59(40(5)102-72)81-107-55-33-48(84)69(42(7)101-55)109-70(91)56-38(3)58(76)65(68(97-16)64(56)95-14)106-71-63(90)66(96-15)61(88)41(6)103-71/h1,19-21,26-30,40-42,47-48,50-51,54-55,59,61-63,66-67,69,71-72,81,84,88-90,93H,2,23,25,31-37H2,3-17H3,(H-,77,78,86,92)/p+1/b21-20-,46-30+/t40?,41?,42?,47?,48?,50-,51?,54?,55?,59?,61?,62?,63?,66?,67?,69?,71?,72?,75?/m0/s1. The van der Waals surface area contributed by atoms with E-state index >= 15 is 0 Å². The van der Waals surface area contributed by atoms with Crippen molar-refractivity contribution in [3.63, 3.8) is 0 Å². The van der Waals surface area contributed by atoms with Crippen LogP contribution in [0.4, 0.5) is 4.79 Å². The fraction of sp³-hybridized carbons (Fsp3) is 0.587. The van der Waals surface area contributed by atoms with Crippen LogP contribution in [-0.2, 0) is 66.6 Å². The Hall–Kier alpha value is -6.50. The molecule has 4 amide bonds. The molecule has 4 fully saturated rings. The van der Waals surface area contributed by atoms with E-state index in [0.717, 1.165) is 18.9 Å². The van der Waals surface area contributed by atoms with Crippen molar-refractivity contribution in [2.45, 2.75) is 221 Å². The van der Waals surface area contributed by atoms with E-state index in [0.29, 0.717) is 45.6 Å². The van der Waals surface area contributed by atoms with Gasteiger partial charge >= 0.3 is 17.7 Å². The van der Waals surface area contributed by atoms with E-state index in [1.165, 1.54) is 87.1 Å². The molecular weight excluding hydrogens is 1610 g/mol. The Morgan fingerprint density at radius 2 is 1.62 bits per heavy atom. The van der Waals surface area contributed by atoms with Gasteiger partial charge in [0.25, 0.3) is 0 Å². The number of ketones is 1. The maximum Gasteiger partial charge on any atom is 0.411 e. The minimum Gasteiger partial charge on any atom is -0.494 e. The molecule has 31 nitrogen and oxygen atoms in total. The minimum atomic E-state index is -1.97. The highest BCUT2D eigenvalue weighted by Gasteiger charge is 2.52. The van der Waals surface area contributed by atoms with Crippen LogP contribution in [0.15, 0.2) is 77.2 Å². The van der Waals surface area contributed by atoms with Crippen molar-refractivity contribution >= 4 is 96.4 Å². The van der Waals surface area contributed by atoms with E-state index in [1.54, 1.807) is 72.0 Å². The number of carbonyl (C=O) groups excluding carboxylic acids is 6. The molecule has 0 spiro atoms. The number of Topliss-reactive ketones (excluding diaryl/α,β-unsaturated/α-hetero) is 1. The number of halogens is 1. The zero-order valence-corrected chi connectivity index (χ0v) is 68.6. The lowest BCUT2D eigenvalue weighted by atomic mass is 9.76. The van der Waals surface area contributed by atoms with Crippen molar-refractivity contribution in [1.82, 2.24) is 21.0 Å². The summed E-state index contributed by atoms with van der Waals surface area (Å²) in [4.78, 5) is 91.8. The third-order valence-corrected chi connectivity index (χ3v) is 24.4. The van der Waals surface area contributed by atoms with Crippen molar-refractivity contribution < 1.29 is 126 Å². The summed E-state index contributed by atoms with van der Waals surface area (Å²) in [6.45, 7) is 18.7. The molecule has 4 aliphatic heterocycles. The average molecular weight is 1710 g/mol. The number of ether oxygens (including phenoxy) is 13. The largest absolute Gasteiger partial charge is 0.494 e. The van der Waals surface area contributed by atoms with E-state index in [9.17, 15) is 54.3 Å². The van der Waals surface area contributed by atoms with Gasteiger partial charge in [-0.25, -0.2) is 4.79 Å². The molecule has 2 aromatic carbocycles. The van der Waals surface area contributed by atoms with Gasteiger partial charge in [-0.1, -0.05) is 63.8 Å². The van der Waals surface area contributed by atoms with Gasteiger partial charge in [0.15, 0.2) is 41.3 Å². The summed E-state index contributed by atoms with van der Waals surface area (Å²) in [5, 5.41) is 66.5. The number of aliphatic hydroxyl groups excluding tert-OH is 4. The van der Waals surface area contributed by atoms with E-state index in [-0.39, 0.29) is 83.1 Å². The Kier molecular flexibility index (Phi) is 34.7. The Labute approximate surface area is 665 Å². The van der Waals surface area contributed by atoms with Gasteiger partial charge in [0.1, 0.15) is 42.4 Å². The van der Waals surface area contributed by atoms with E-state index in [2.05, 4.69) is 50.4 Å². The van der Waals surface area contributed by atoms with Crippen LogP contribution in [-0.4, -0.2) is 257 Å². The van der Waals surface area contributed by atoms with Crippen molar-refractivity contribution in [2.75, 3.05) is 61.6 Å². The van der Waals surface area contributed by atoms with Crippen LogP contribution in [0.1, 0.15) is 115 Å². The fourth-order valence-corrected chi connectivity index (χ4v) is 16.9. The number of carbonyl (C=O) groups is 6. The quantitative estimate of drug-likeness (QED) is 0.00655. The average Bonchev–Trinajstić information content (AvgIpc) is 0.765. The first-order chi connectivity index (χ1) is 52.2. The molecule has 0 aromatic heterocycles. The molecule has 604 valence electrons. The molecule has 0 radical (unpaired) electrons. The third kappa shape index (κ3) is 23.4. The number of alkyl carbamates (subject to hydrolysis) is 1. The normalized spacial score (nSPS) is 29.0. The van der Waals surface area contributed by atoms with Gasteiger partial charge in [-0.3, -0.25) is 34.1 Å². The number of allylic oxidation sites excluding steroid dienone is 3. The number of methoxy groups -OCH3 is 5. The minimum absolute atomic E-state index is 0.000407. The highest BCUT2D eigenvalue weighted by molar-refractivity contribution is 14.1. The van der Waals surface area contributed by atoms with Crippen LogP contribution in [0.2, 0.25) is 0 Å². The Bertz CT molecular complexity index is 3860. The number of amides is 4. The summed E-state index contributed by atoms with van der Waals surface area (Å²) in [6.07, 6.45) is -8.62. The van der Waals surface area contributed by atoms with E-state index < -0.39 is 149 Å². The van der Waals surface area contributed by atoms with Crippen LogP contribution in [0.5, 0.6) is 23.0 Å².